The Bertz CT molecular complexity index is 1490. The topological polar surface area (TPSA) is 128 Å². The predicted octanol–water partition coefficient (Wildman–Crippen LogP) is 4.43. The van der Waals surface area contributed by atoms with Gasteiger partial charge in [0, 0.05) is 54.1 Å². The SMILES string of the molecule is Cn1ccnc1-c1ccc(NC(=C2C(=O)Nc3ccc([N+](=O)[O-])cc32)c2ccc(CCN)cc2)cc1. The van der Waals surface area contributed by atoms with E-state index in [1.54, 1.807) is 12.3 Å². The molecule has 9 heteroatoms. The van der Waals surface area contributed by atoms with Crippen LogP contribution in [0.25, 0.3) is 22.7 Å². The number of carbonyl (C=O) groups excluding carboxylic acids is 1. The summed E-state index contributed by atoms with van der Waals surface area (Å²) in [6.07, 6.45) is 4.37. The van der Waals surface area contributed by atoms with Gasteiger partial charge >= 0.3 is 0 Å². The lowest BCUT2D eigenvalue weighted by atomic mass is 9.98. The number of nitro groups is 1. The number of anilines is 2. The molecule has 0 radical (unpaired) electrons. The van der Waals surface area contributed by atoms with Crippen molar-refractivity contribution in [3.05, 3.63) is 106 Å². The van der Waals surface area contributed by atoms with Gasteiger partial charge in [-0.1, -0.05) is 24.3 Å². The largest absolute Gasteiger partial charge is 0.354 e. The normalized spacial score (nSPS) is 13.8. The van der Waals surface area contributed by atoms with Crippen LogP contribution in [0.2, 0.25) is 0 Å². The van der Waals surface area contributed by atoms with Gasteiger partial charge in [-0.3, -0.25) is 14.9 Å². The highest BCUT2D eigenvalue weighted by molar-refractivity contribution is 6.37. The van der Waals surface area contributed by atoms with E-state index in [9.17, 15) is 14.9 Å². The van der Waals surface area contributed by atoms with Gasteiger partial charge in [-0.05, 0) is 54.4 Å². The van der Waals surface area contributed by atoms with Gasteiger partial charge in [0.2, 0.25) is 0 Å². The molecule has 0 atom stereocenters. The van der Waals surface area contributed by atoms with Crippen LogP contribution in [0.15, 0.2) is 79.1 Å². The smallest absolute Gasteiger partial charge is 0.270 e. The number of rotatable bonds is 7. The van der Waals surface area contributed by atoms with E-state index in [1.807, 2.05) is 66.3 Å². The molecule has 180 valence electrons. The number of imidazole rings is 1. The number of hydrogen-bond donors (Lipinski definition) is 3. The number of hydrogen-bond acceptors (Lipinski definition) is 6. The number of nitrogens with zero attached hydrogens (tertiary/aromatic N) is 3. The number of nitrogens with two attached hydrogens (primary N) is 1. The molecular weight excluding hydrogens is 456 g/mol. The Morgan fingerprint density at radius 3 is 2.50 bits per heavy atom. The van der Waals surface area contributed by atoms with Crippen molar-refractivity contribution in [3.63, 3.8) is 0 Å². The van der Waals surface area contributed by atoms with Crippen LogP contribution >= 0.6 is 0 Å². The van der Waals surface area contributed by atoms with Gasteiger partial charge in [-0.15, -0.1) is 0 Å². The minimum atomic E-state index is -0.467. The first-order valence-corrected chi connectivity index (χ1v) is 11.4. The lowest BCUT2D eigenvalue weighted by Gasteiger charge is -2.16. The van der Waals surface area contributed by atoms with Crippen molar-refractivity contribution >= 4 is 34.2 Å². The Morgan fingerprint density at radius 1 is 1.11 bits per heavy atom. The summed E-state index contributed by atoms with van der Waals surface area (Å²) in [6.45, 7) is 0.535. The number of aromatic nitrogens is 2. The first-order valence-electron chi connectivity index (χ1n) is 11.4. The second-order valence-corrected chi connectivity index (χ2v) is 8.49. The van der Waals surface area contributed by atoms with E-state index in [-0.39, 0.29) is 11.6 Å². The molecule has 5 rings (SSSR count). The Kier molecular flexibility index (Phi) is 6.05. The van der Waals surface area contributed by atoms with Crippen LogP contribution in [0.4, 0.5) is 17.1 Å². The Morgan fingerprint density at radius 2 is 1.86 bits per heavy atom. The molecule has 36 heavy (non-hydrogen) atoms. The van der Waals surface area contributed by atoms with Crippen LogP contribution in [0.1, 0.15) is 16.7 Å². The van der Waals surface area contributed by atoms with Crippen LogP contribution in [-0.2, 0) is 18.3 Å². The van der Waals surface area contributed by atoms with E-state index >= 15 is 0 Å². The monoisotopic (exact) mass is 480 g/mol. The maximum Gasteiger partial charge on any atom is 0.270 e. The highest BCUT2D eigenvalue weighted by Crippen LogP contribution is 2.39. The summed E-state index contributed by atoms with van der Waals surface area (Å²) in [5.41, 5.74) is 11.1. The summed E-state index contributed by atoms with van der Waals surface area (Å²) in [6, 6.07) is 19.9. The number of nitro benzene ring substituents is 1. The van der Waals surface area contributed by atoms with Gasteiger partial charge in [0.05, 0.1) is 16.2 Å². The number of benzene rings is 3. The molecule has 0 saturated carbocycles. The van der Waals surface area contributed by atoms with Crippen molar-refractivity contribution in [3.8, 4) is 11.4 Å². The van der Waals surface area contributed by atoms with Gasteiger partial charge in [-0.2, -0.15) is 0 Å². The molecule has 0 aliphatic carbocycles. The zero-order valence-corrected chi connectivity index (χ0v) is 19.6. The third kappa shape index (κ3) is 4.35. The zero-order chi connectivity index (χ0) is 25.2. The predicted molar refractivity (Wildman–Crippen MR) is 140 cm³/mol. The first-order chi connectivity index (χ1) is 17.4. The number of fused-ring (bicyclic) bond motifs is 1. The number of non-ortho nitro benzene ring substituents is 1. The molecule has 4 N–H and O–H groups in total. The molecule has 0 saturated heterocycles. The van der Waals surface area contributed by atoms with Gasteiger partial charge in [0.15, 0.2) is 0 Å². The lowest BCUT2D eigenvalue weighted by molar-refractivity contribution is -0.384. The van der Waals surface area contributed by atoms with Gasteiger partial charge in [-0.25, -0.2) is 4.98 Å². The average Bonchev–Trinajstić information content (AvgIpc) is 3.45. The molecule has 0 spiro atoms. The Labute approximate surface area is 207 Å². The maximum atomic E-state index is 13.1. The van der Waals surface area contributed by atoms with Crippen LogP contribution in [0.5, 0.6) is 0 Å². The molecule has 0 fully saturated rings. The molecular formula is C27H24N6O3. The fraction of sp³-hybridized carbons (Fsp3) is 0.111. The Balaban J connectivity index is 1.61. The van der Waals surface area contributed by atoms with Crippen molar-refractivity contribution in [2.75, 3.05) is 17.2 Å². The molecule has 2 heterocycles. The summed E-state index contributed by atoms with van der Waals surface area (Å²) in [7, 11) is 1.93. The Hall–Kier alpha value is -4.76. The van der Waals surface area contributed by atoms with Gasteiger partial charge in [0.25, 0.3) is 11.6 Å². The van der Waals surface area contributed by atoms with Gasteiger partial charge < -0.3 is 20.9 Å². The molecule has 9 nitrogen and oxygen atoms in total. The molecule has 0 unspecified atom stereocenters. The summed E-state index contributed by atoms with van der Waals surface area (Å²) < 4.78 is 1.94. The second kappa shape index (κ2) is 9.47. The van der Waals surface area contributed by atoms with E-state index in [1.165, 1.54) is 12.1 Å². The van der Waals surface area contributed by atoms with Crippen molar-refractivity contribution in [2.24, 2.45) is 12.8 Å². The van der Waals surface area contributed by atoms with Crippen LogP contribution in [0, 0.1) is 10.1 Å². The van der Waals surface area contributed by atoms with E-state index in [4.69, 9.17) is 5.73 Å². The standard InChI is InChI=1S/C27H24N6O3/c1-32-15-14-29-26(32)19-6-8-20(9-7-19)30-25(18-4-2-17(3-5-18)12-13-28)24-22-16-21(33(35)36)10-11-23(22)31-27(24)34/h2-11,14-16,30H,12-13,28H2,1H3,(H,31,34). The molecule has 1 aliphatic rings. The minimum absolute atomic E-state index is 0.0835. The second-order valence-electron chi connectivity index (χ2n) is 8.49. The van der Waals surface area contributed by atoms with Crippen LogP contribution in [0.3, 0.4) is 0 Å². The lowest BCUT2D eigenvalue weighted by Crippen LogP contribution is -2.10. The number of nitrogens with one attached hydrogen (secondary N) is 2. The molecule has 1 aliphatic heterocycles. The van der Waals surface area contributed by atoms with Crippen LogP contribution in [-0.4, -0.2) is 26.9 Å². The number of amides is 1. The van der Waals surface area contributed by atoms with Gasteiger partial charge in [0.1, 0.15) is 5.82 Å². The van der Waals surface area contributed by atoms with Crippen LogP contribution < -0.4 is 16.4 Å². The number of aryl methyl sites for hydroxylation is 1. The van der Waals surface area contributed by atoms with Crippen molar-refractivity contribution in [1.82, 2.24) is 9.55 Å². The van der Waals surface area contributed by atoms with Crippen molar-refractivity contribution < 1.29 is 9.72 Å². The van der Waals surface area contributed by atoms with E-state index < -0.39 is 4.92 Å². The quantitative estimate of drug-likeness (QED) is 0.204. The minimum Gasteiger partial charge on any atom is -0.354 e. The van der Waals surface area contributed by atoms with E-state index in [0.717, 1.165) is 34.6 Å². The number of carbonyl (C=O) groups is 1. The highest BCUT2D eigenvalue weighted by atomic mass is 16.6. The highest BCUT2D eigenvalue weighted by Gasteiger charge is 2.30. The van der Waals surface area contributed by atoms with E-state index in [0.29, 0.717) is 29.1 Å². The fourth-order valence-corrected chi connectivity index (χ4v) is 4.29. The summed E-state index contributed by atoms with van der Waals surface area (Å²) in [5, 5.41) is 17.6. The van der Waals surface area contributed by atoms with Crippen molar-refractivity contribution in [2.45, 2.75) is 6.42 Å². The maximum absolute atomic E-state index is 13.1. The summed E-state index contributed by atoms with van der Waals surface area (Å²) in [5.74, 6) is 0.510. The zero-order valence-electron chi connectivity index (χ0n) is 19.6. The van der Waals surface area contributed by atoms with Crippen molar-refractivity contribution in [1.29, 1.82) is 0 Å². The fourth-order valence-electron chi connectivity index (χ4n) is 4.29. The molecule has 1 amide bonds. The molecule has 0 bridgehead atoms. The first kappa shape index (κ1) is 23.0. The molecule has 4 aromatic rings. The average molecular weight is 481 g/mol. The molecule has 1 aromatic heterocycles. The summed E-state index contributed by atoms with van der Waals surface area (Å²) >= 11 is 0. The summed E-state index contributed by atoms with van der Waals surface area (Å²) in [4.78, 5) is 28.5. The third-order valence-electron chi connectivity index (χ3n) is 6.12. The van der Waals surface area contributed by atoms with E-state index in [2.05, 4.69) is 15.6 Å². The third-order valence-corrected chi connectivity index (χ3v) is 6.12. The molecule has 3 aromatic carbocycles.